The van der Waals surface area contributed by atoms with Crippen LogP contribution in [0.5, 0.6) is 5.75 Å². The largest absolute Gasteiger partial charge is 0.497 e. The highest BCUT2D eigenvalue weighted by Gasteiger charge is 2.34. The van der Waals surface area contributed by atoms with E-state index < -0.39 is 34.3 Å². The molecule has 1 N–H and O–H groups in total. The third kappa shape index (κ3) is 7.93. The van der Waals surface area contributed by atoms with E-state index in [4.69, 9.17) is 4.74 Å². The van der Waals surface area contributed by atoms with Gasteiger partial charge in [-0.25, -0.2) is 12.8 Å². The number of nitrogens with one attached hydrogen (secondary N) is 1. The maximum atomic E-state index is 14.2. The zero-order valence-electron chi connectivity index (χ0n) is 25.0. The van der Waals surface area contributed by atoms with E-state index in [9.17, 15) is 22.4 Å². The van der Waals surface area contributed by atoms with E-state index in [1.165, 1.54) is 48.4 Å². The van der Waals surface area contributed by atoms with Crippen molar-refractivity contribution >= 4 is 27.5 Å². The molecule has 2 amide bonds. The summed E-state index contributed by atoms with van der Waals surface area (Å²) in [7, 11) is -2.79. The molecule has 1 fully saturated rings. The van der Waals surface area contributed by atoms with Crippen LogP contribution < -0.4 is 14.4 Å². The fraction of sp³-hybridized carbons (Fsp3) is 0.394. The molecule has 0 unspecified atom stereocenters. The van der Waals surface area contributed by atoms with E-state index in [0.717, 1.165) is 59.7 Å². The maximum absolute atomic E-state index is 14.2. The van der Waals surface area contributed by atoms with Crippen LogP contribution in [0.1, 0.15) is 56.6 Å². The van der Waals surface area contributed by atoms with Crippen molar-refractivity contribution < 1.29 is 27.1 Å². The summed E-state index contributed by atoms with van der Waals surface area (Å²) in [6.07, 6.45) is 5.37. The highest BCUT2D eigenvalue weighted by molar-refractivity contribution is 7.92. The van der Waals surface area contributed by atoms with Crippen molar-refractivity contribution in [3.8, 4) is 5.75 Å². The summed E-state index contributed by atoms with van der Waals surface area (Å²) in [6, 6.07) is 17.6. The second-order valence-corrected chi connectivity index (χ2v) is 12.7. The van der Waals surface area contributed by atoms with Gasteiger partial charge in [0.2, 0.25) is 11.8 Å². The first kappa shape index (κ1) is 32.0. The van der Waals surface area contributed by atoms with Crippen molar-refractivity contribution in [2.45, 2.75) is 75.9 Å². The van der Waals surface area contributed by atoms with Crippen molar-refractivity contribution in [3.63, 3.8) is 0 Å². The van der Waals surface area contributed by atoms with Gasteiger partial charge in [-0.15, -0.1) is 0 Å². The van der Waals surface area contributed by atoms with Crippen molar-refractivity contribution in [1.29, 1.82) is 0 Å². The van der Waals surface area contributed by atoms with Crippen LogP contribution in [0.2, 0.25) is 0 Å². The Hall–Kier alpha value is -3.92. The van der Waals surface area contributed by atoms with Crippen molar-refractivity contribution in [1.82, 2.24) is 10.2 Å². The first-order valence-electron chi connectivity index (χ1n) is 14.7. The number of hydrogen-bond donors (Lipinski definition) is 1. The molecule has 0 spiro atoms. The average Bonchev–Trinajstić information content (AvgIpc) is 3.01. The molecule has 4 rings (SSSR count). The Morgan fingerprint density at radius 2 is 1.63 bits per heavy atom. The van der Waals surface area contributed by atoms with Crippen LogP contribution in [-0.4, -0.2) is 50.9 Å². The summed E-state index contributed by atoms with van der Waals surface area (Å²) in [6.45, 7) is 3.32. The number of carbonyl (C=O) groups excluding carboxylic acids is 2. The second-order valence-electron chi connectivity index (χ2n) is 10.9. The highest BCUT2D eigenvalue weighted by Crippen LogP contribution is 2.27. The normalized spacial score (nSPS) is 14.5. The molecule has 0 radical (unpaired) electrons. The fourth-order valence-corrected chi connectivity index (χ4v) is 6.86. The van der Waals surface area contributed by atoms with Gasteiger partial charge >= 0.3 is 0 Å². The Balaban J connectivity index is 1.71. The van der Waals surface area contributed by atoms with Gasteiger partial charge in [-0.1, -0.05) is 50.5 Å². The fourth-order valence-electron chi connectivity index (χ4n) is 5.45. The number of aryl methyl sites for hydroxylation is 1. The molecule has 3 aromatic rings. The number of rotatable bonds is 12. The van der Waals surface area contributed by atoms with Gasteiger partial charge in [0.25, 0.3) is 10.0 Å². The number of sulfonamides is 1. The van der Waals surface area contributed by atoms with Gasteiger partial charge in [-0.2, -0.15) is 0 Å². The minimum Gasteiger partial charge on any atom is -0.497 e. The molecule has 0 saturated heterocycles. The van der Waals surface area contributed by atoms with E-state index >= 15 is 0 Å². The van der Waals surface area contributed by atoms with Gasteiger partial charge in [0.05, 0.1) is 17.7 Å². The van der Waals surface area contributed by atoms with Crippen molar-refractivity contribution in [2.24, 2.45) is 0 Å². The predicted octanol–water partition coefficient (Wildman–Crippen LogP) is 5.59. The van der Waals surface area contributed by atoms with Gasteiger partial charge in [-0.3, -0.25) is 13.9 Å². The number of ether oxygens (including phenoxy) is 1. The van der Waals surface area contributed by atoms with E-state index in [-0.39, 0.29) is 29.1 Å². The number of hydrogen-bond acceptors (Lipinski definition) is 5. The zero-order valence-corrected chi connectivity index (χ0v) is 25.8. The third-order valence-electron chi connectivity index (χ3n) is 7.98. The number of amides is 2. The SMILES string of the molecule is CC[C@@H](C(=O)NC1CCCCC1)N(Cc1ccccc1C)C(=O)CN(c1ccc(F)cc1)S(=O)(=O)c1ccc(OC)cc1. The number of halogens is 1. The molecule has 3 aromatic carbocycles. The van der Waals surface area contributed by atoms with Crippen LogP contribution in [0.15, 0.2) is 77.7 Å². The Morgan fingerprint density at radius 3 is 2.23 bits per heavy atom. The van der Waals surface area contributed by atoms with Gasteiger partial charge in [0.1, 0.15) is 24.2 Å². The van der Waals surface area contributed by atoms with Crippen LogP contribution in [0.4, 0.5) is 10.1 Å². The number of carbonyl (C=O) groups is 2. The van der Waals surface area contributed by atoms with Crippen LogP contribution in [-0.2, 0) is 26.2 Å². The summed E-state index contributed by atoms with van der Waals surface area (Å²) >= 11 is 0. The number of methoxy groups -OCH3 is 1. The number of benzene rings is 3. The molecular formula is C33H40FN3O5S. The van der Waals surface area contributed by atoms with E-state index in [1.807, 2.05) is 38.1 Å². The Kier molecular flexibility index (Phi) is 10.8. The average molecular weight is 610 g/mol. The first-order chi connectivity index (χ1) is 20.6. The molecule has 10 heteroatoms. The van der Waals surface area contributed by atoms with Crippen LogP contribution in [0.3, 0.4) is 0 Å². The summed E-state index contributed by atoms with van der Waals surface area (Å²) in [5, 5.41) is 3.15. The lowest BCUT2D eigenvalue weighted by molar-refractivity contribution is -0.140. The molecular weight excluding hydrogens is 569 g/mol. The molecule has 1 aliphatic rings. The summed E-state index contributed by atoms with van der Waals surface area (Å²) in [4.78, 5) is 29.3. The Bertz CT molecular complexity index is 1490. The molecule has 1 saturated carbocycles. The monoisotopic (exact) mass is 609 g/mol. The molecule has 0 aromatic heterocycles. The summed E-state index contributed by atoms with van der Waals surface area (Å²) in [5.74, 6) is -0.857. The van der Waals surface area contributed by atoms with Gasteiger partial charge in [-0.05, 0) is 85.8 Å². The van der Waals surface area contributed by atoms with Crippen LogP contribution >= 0.6 is 0 Å². The predicted molar refractivity (Wildman–Crippen MR) is 165 cm³/mol. The highest BCUT2D eigenvalue weighted by atomic mass is 32.2. The zero-order chi connectivity index (χ0) is 31.0. The topological polar surface area (TPSA) is 96.0 Å². The number of nitrogens with zero attached hydrogens (tertiary/aromatic N) is 2. The second kappa shape index (κ2) is 14.5. The van der Waals surface area contributed by atoms with Gasteiger partial charge < -0.3 is 15.0 Å². The molecule has 0 bridgehead atoms. The lowest BCUT2D eigenvalue weighted by Gasteiger charge is -2.34. The smallest absolute Gasteiger partial charge is 0.264 e. The van der Waals surface area contributed by atoms with Crippen LogP contribution in [0, 0.1) is 12.7 Å². The molecule has 43 heavy (non-hydrogen) atoms. The van der Waals surface area contributed by atoms with Crippen molar-refractivity contribution in [3.05, 3.63) is 89.7 Å². The van der Waals surface area contributed by atoms with E-state index in [0.29, 0.717) is 12.2 Å². The Labute approximate surface area is 253 Å². The molecule has 0 heterocycles. The van der Waals surface area contributed by atoms with Crippen molar-refractivity contribution in [2.75, 3.05) is 18.0 Å². The minimum absolute atomic E-state index is 0.0527. The minimum atomic E-state index is -4.27. The van der Waals surface area contributed by atoms with Gasteiger partial charge in [0.15, 0.2) is 0 Å². The molecule has 230 valence electrons. The first-order valence-corrected chi connectivity index (χ1v) is 16.1. The quantitative estimate of drug-likeness (QED) is 0.289. The van der Waals surface area contributed by atoms with E-state index in [1.54, 1.807) is 0 Å². The molecule has 0 aliphatic heterocycles. The van der Waals surface area contributed by atoms with Crippen LogP contribution in [0.25, 0.3) is 0 Å². The molecule has 1 aliphatic carbocycles. The number of anilines is 1. The summed E-state index contributed by atoms with van der Waals surface area (Å²) in [5.41, 5.74) is 1.93. The lowest BCUT2D eigenvalue weighted by Crippen LogP contribution is -2.54. The Morgan fingerprint density at radius 1 is 0.977 bits per heavy atom. The third-order valence-corrected chi connectivity index (χ3v) is 9.77. The lowest BCUT2D eigenvalue weighted by atomic mass is 9.95. The summed E-state index contributed by atoms with van der Waals surface area (Å²) < 4.78 is 47.9. The van der Waals surface area contributed by atoms with E-state index in [2.05, 4.69) is 5.32 Å². The molecule has 1 atom stereocenters. The van der Waals surface area contributed by atoms with Gasteiger partial charge in [0, 0.05) is 12.6 Å². The maximum Gasteiger partial charge on any atom is 0.264 e. The standard InChI is InChI=1S/C33H40FN3O5S/c1-4-31(33(39)35-27-12-6-5-7-13-27)36(22-25-11-9-8-10-24(25)2)32(38)23-37(28-16-14-26(34)15-17-28)43(40,41)30-20-18-29(42-3)19-21-30/h8-11,14-21,27,31H,4-7,12-13,22-23H2,1-3H3,(H,35,39)/t31-/m0/s1. The molecule has 8 nitrogen and oxygen atoms in total.